The molecule has 0 unspecified atom stereocenters. The maximum Gasteiger partial charge on any atom is 0.194 e. The Morgan fingerprint density at radius 3 is 2.42 bits per heavy atom. The molecule has 0 spiro atoms. The van der Waals surface area contributed by atoms with Crippen LogP contribution in [0.15, 0.2) is 11.8 Å². The molecule has 0 bridgehead atoms. The Labute approximate surface area is 115 Å². The highest BCUT2D eigenvalue weighted by molar-refractivity contribution is 6.11. The number of carbonyl (C=O) groups is 1. The molecule has 0 amide bonds. The first-order chi connectivity index (χ1) is 8.71. The third-order valence-electron chi connectivity index (χ3n) is 3.39. The van der Waals surface area contributed by atoms with E-state index in [4.69, 9.17) is 0 Å². The summed E-state index contributed by atoms with van der Waals surface area (Å²) in [6.45, 7) is 6.38. The quantitative estimate of drug-likeness (QED) is 0.728. The summed E-state index contributed by atoms with van der Waals surface area (Å²) in [6, 6.07) is 0. The van der Waals surface area contributed by atoms with E-state index in [9.17, 15) is 4.79 Å². The number of fused-ring (bicyclic) bond motifs is 1. The van der Waals surface area contributed by atoms with Crippen LogP contribution in [0.2, 0.25) is 0 Å². The summed E-state index contributed by atoms with van der Waals surface area (Å²) in [7, 11) is 5.83. The van der Waals surface area contributed by atoms with Gasteiger partial charge in [0.1, 0.15) is 0 Å². The number of allylic oxidation sites excluding steroid dienone is 1. The van der Waals surface area contributed by atoms with Gasteiger partial charge in [-0.3, -0.25) is 9.48 Å². The van der Waals surface area contributed by atoms with Gasteiger partial charge in [0.2, 0.25) is 0 Å². The van der Waals surface area contributed by atoms with Gasteiger partial charge >= 0.3 is 0 Å². The van der Waals surface area contributed by atoms with Gasteiger partial charge in [0.05, 0.1) is 17.0 Å². The van der Waals surface area contributed by atoms with Crippen LogP contribution in [-0.4, -0.2) is 34.6 Å². The van der Waals surface area contributed by atoms with Gasteiger partial charge in [0.15, 0.2) is 5.78 Å². The summed E-state index contributed by atoms with van der Waals surface area (Å²) in [6.07, 6.45) is 3.57. The van der Waals surface area contributed by atoms with Crippen molar-refractivity contribution in [2.24, 2.45) is 7.05 Å². The minimum absolute atomic E-state index is 0.0778. The maximum atomic E-state index is 12.7. The van der Waals surface area contributed by atoms with Crippen LogP contribution in [0, 0.1) is 0 Å². The Kier molecular flexibility index (Phi) is 3.29. The third-order valence-corrected chi connectivity index (χ3v) is 3.39. The van der Waals surface area contributed by atoms with E-state index in [1.54, 1.807) is 0 Å². The minimum Gasteiger partial charge on any atom is -0.383 e. The second-order valence-electron chi connectivity index (χ2n) is 6.49. The Bertz CT molecular complexity index is 544. The lowest BCUT2D eigenvalue weighted by atomic mass is 9.82. The van der Waals surface area contributed by atoms with Gasteiger partial charge in [0.25, 0.3) is 0 Å². The Morgan fingerprint density at radius 1 is 1.26 bits per heavy atom. The summed E-state index contributed by atoms with van der Waals surface area (Å²) in [5.74, 6) is 0.146. The highest BCUT2D eigenvalue weighted by Gasteiger charge is 2.33. The number of carbonyl (C=O) groups excluding carboxylic acids is 1. The molecule has 1 aliphatic rings. The number of aromatic nitrogens is 2. The number of hydrogen-bond donors (Lipinski definition) is 0. The first-order valence-electron chi connectivity index (χ1n) is 6.70. The van der Waals surface area contributed by atoms with E-state index in [0.29, 0.717) is 0 Å². The van der Waals surface area contributed by atoms with E-state index in [-0.39, 0.29) is 11.2 Å². The molecule has 1 heterocycles. The minimum atomic E-state index is -0.0778. The fourth-order valence-electron chi connectivity index (χ4n) is 2.82. The summed E-state index contributed by atoms with van der Waals surface area (Å²) in [5.41, 5.74) is 3.63. The Morgan fingerprint density at radius 2 is 1.89 bits per heavy atom. The van der Waals surface area contributed by atoms with Crippen molar-refractivity contribution in [3.63, 3.8) is 0 Å². The zero-order chi connectivity index (χ0) is 14.4. The molecule has 4 heteroatoms. The van der Waals surface area contributed by atoms with Gasteiger partial charge in [0, 0.05) is 38.3 Å². The number of aryl methyl sites for hydroxylation is 2. The van der Waals surface area contributed by atoms with Crippen LogP contribution >= 0.6 is 0 Å². The van der Waals surface area contributed by atoms with Crippen molar-refractivity contribution < 1.29 is 4.79 Å². The van der Waals surface area contributed by atoms with Crippen molar-refractivity contribution >= 4 is 5.78 Å². The average molecular weight is 261 g/mol. The van der Waals surface area contributed by atoms with Crippen molar-refractivity contribution in [3.05, 3.63) is 28.7 Å². The normalized spacial score (nSPS) is 17.8. The molecule has 4 nitrogen and oxygen atoms in total. The molecule has 0 N–H and O–H groups in total. The van der Waals surface area contributed by atoms with Crippen molar-refractivity contribution in [2.75, 3.05) is 14.1 Å². The molecule has 0 radical (unpaired) electrons. The predicted octanol–water partition coefficient (Wildman–Crippen LogP) is 2.29. The van der Waals surface area contributed by atoms with Gasteiger partial charge in [-0.1, -0.05) is 20.8 Å². The molecule has 104 valence electrons. The van der Waals surface area contributed by atoms with Gasteiger partial charge < -0.3 is 4.90 Å². The molecule has 1 aliphatic carbocycles. The van der Waals surface area contributed by atoms with Crippen LogP contribution in [0.1, 0.15) is 48.9 Å². The molecule has 0 saturated carbocycles. The summed E-state index contributed by atoms with van der Waals surface area (Å²) < 4.78 is 1.88. The van der Waals surface area contributed by atoms with E-state index < -0.39 is 0 Å². The lowest BCUT2D eigenvalue weighted by Crippen LogP contribution is -2.23. The molecule has 0 atom stereocenters. The van der Waals surface area contributed by atoms with E-state index >= 15 is 0 Å². The van der Waals surface area contributed by atoms with E-state index in [2.05, 4.69) is 25.9 Å². The number of nitrogens with zero attached hydrogens (tertiary/aromatic N) is 3. The molecule has 1 aromatic rings. The van der Waals surface area contributed by atoms with Crippen LogP contribution < -0.4 is 0 Å². The van der Waals surface area contributed by atoms with Crippen molar-refractivity contribution in [2.45, 2.75) is 39.0 Å². The van der Waals surface area contributed by atoms with E-state index in [0.717, 1.165) is 35.4 Å². The van der Waals surface area contributed by atoms with Crippen LogP contribution in [0.25, 0.3) is 0 Å². The second kappa shape index (κ2) is 4.51. The molecule has 19 heavy (non-hydrogen) atoms. The molecular formula is C15H23N3O. The first kappa shape index (κ1) is 13.8. The number of ketones is 1. The SMILES string of the molecule is CN(C)C=C1CCc2nn(C)c(C(C)(C)C)c2C1=O. The number of hydrogen-bond acceptors (Lipinski definition) is 3. The third kappa shape index (κ3) is 2.44. The lowest BCUT2D eigenvalue weighted by molar-refractivity contribution is 0.102. The zero-order valence-corrected chi connectivity index (χ0v) is 12.7. The van der Waals surface area contributed by atoms with E-state index in [1.165, 1.54) is 0 Å². The summed E-state index contributed by atoms with van der Waals surface area (Å²) >= 11 is 0. The topological polar surface area (TPSA) is 38.1 Å². The van der Waals surface area contributed by atoms with Crippen LogP contribution in [-0.2, 0) is 18.9 Å². The van der Waals surface area contributed by atoms with Crippen LogP contribution in [0.3, 0.4) is 0 Å². The predicted molar refractivity (Wildman–Crippen MR) is 76.3 cm³/mol. The van der Waals surface area contributed by atoms with E-state index in [1.807, 2.05) is 36.9 Å². The van der Waals surface area contributed by atoms with Crippen molar-refractivity contribution in [3.8, 4) is 0 Å². The van der Waals surface area contributed by atoms with Gasteiger partial charge in [-0.25, -0.2) is 0 Å². The maximum absolute atomic E-state index is 12.7. The molecule has 0 saturated heterocycles. The fourth-order valence-corrected chi connectivity index (χ4v) is 2.82. The largest absolute Gasteiger partial charge is 0.383 e. The summed E-state index contributed by atoms with van der Waals surface area (Å²) in [5, 5.41) is 4.54. The monoisotopic (exact) mass is 261 g/mol. The molecule has 0 fully saturated rings. The van der Waals surface area contributed by atoms with Gasteiger partial charge in [-0.05, 0) is 12.8 Å². The number of Topliss-reactive ketones (excluding diaryl/α,β-unsaturated/α-hetero) is 1. The molecule has 0 aromatic carbocycles. The highest BCUT2D eigenvalue weighted by Crippen LogP contribution is 2.33. The standard InChI is InChI=1S/C15H23N3O/c1-15(2,3)14-12-11(16-18(14)6)8-7-10(13(12)19)9-17(4)5/h9H,7-8H2,1-6H3. The Hall–Kier alpha value is -1.58. The molecule has 2 rings (SSSR count). The molecule has 0 aliphatic heterocycles. The average Bonchev–Trinajstić information content (AvgIpc) is 2.58. The van der Waals surface area contributed by atoms with Crippen molar-refractivity contribution in [1.82, 2.24) is 14.7 Å². The van der Waals surface area contributed by atoms with Crippen LogP contribution in [0.5, 0.6) is 0 Å². The van der Waals surface area contributed by atoms with Gasteiger partial charge in [-0.2, -0.15) is 5.10 Å². The first-order valence-corrected chi connectivity index (χ1v) is 6.70. The highest BCUT2D eigenvalue weighted by atomic mass is 16.1. The molecular weight excluding hydrogens is 238 g/mol. The fraction of sp³-hybridized carbons (Fsp3) is 0.600. The van der Waals surface area contributed by atoms with Crippen molar-refractivity contribution in [1.29, 1.82) is 0 Å². The lowest BCUT2D eigenvalue weighted by Gasteiger charge is -2.23. The van der Waals surface area contributed by atoms with Gasteiger partial charge in [-0.15, -0.1) is 0 Å². The van der Waals surface area contributed by atoms with Crippen LogP contribution in [0.4, 0.5) is 0 Å². The Balaban J connectivity index is 2.57. The molecule has 1 aromatic heterocycles. The summed E-state index contributed by atoms with van der Waals surface area (Å²) in [4.78, 5) is 14.6. The second-order valence-corrected chi connectivity index (χ2v) is 6.49. The zero-order valence-electron chi connectivity index (χ0n) is 12.7. The number of rotatable bonds is 1. The smallest absolute Gasteiger partial charge is 0.194 e.